The summed E-state index contributed by atoms with van der Waals surface area (Å²) in [5.41, 5.74) is 2.25. The number of carboxylic acid groups (broad SMARTS) is 1. The van der Waals surface area contributed by atoms with E-state index in [1.165, 1.54) is 11.3 Å². The number of hydrogen-bond donors (Lipinski definition) is 2. The first-order valence-electron chi connectivity index (χ1n) is 10.7. The summed E-state index contributed by atoms with van der Waals surface area (Å²) in [5.74, 6) is 0.0796. The van der Waals surface area contributed by atoms with Crippen LogP contribution in [0.15, 0.2) is 36.5 Å². The number of aryl methyl sites for hydroxylation is 1. The summed E-state index contributed by atoms with van der Waals surface area (Å²) in [6.45, 7) is 2.99. The molecule has 0 spiro atoms. The van der Waals surface area contributed by atoms with Crippen LogP contribution >= 0.6 is 11.3 Å². The molecule has 0 saturated carbocycles. The maximum Gasteiger partial charge on any atom is 0.338 e. The summed E-state index contributed by atoms with van der Waals surface area (Å²) < 4.78 is 12.2. The van der Waals surface area contributed by atoms with Gasteiger partial charge in [0.25, 0.3) is 5.91 Å². The molecule has 4 aromatic rings. The number of aromatic nitrogens is 2. The van der Waals surface area contributed by atoms with E-state index in [2.05, 4.69) is 9.97 Å². The Morgan fingerprint density at radius 1 is 1.30 bits per heavy atom. The fourth-order valence-corrected chi connectivity index (χ4v) is 5.50. The van der Waals surface area contributed by atoms with Gasteiger partial charge in [0.05, 0.1) is 33.3 Å². The molecule has 1 aliphatic rings. The maximum atomic E-state index is 13.2. The second-order valence-corrected chi connectivity index (χ2v) is 9.18. The lowest BCUT2D eigenvalue weighted by Crippen LogP contribution is -2.37. The van der Waals surface area contributed by atoms with Crippen LogP contribution in [0.3, 0.4) is 0 Å². The quantitative estimate of drug-likeness (QED) is 0.423. The van der Waals surface area contributed by atoms with Crippen molar-refractivity contribution in [3.8, 4) is 11.5 Å². The molecule has 5 rings (SSSR count). The topological polar surface area (TPSA) is 105 Å². The zero-order valence-electron chi connectivity index (χ0n) is 18.3. The van der Waals surface area contributed by atoms with E-state index >= 15 is 0 Å². The van der Waals surface area contributed by atoms with Gasteiger partial charge in [0, 0.05) is 42.5 Å². The number of amides is 1. The lowest BCUT2D eigenvalue weighted by atomic mass is 10.1. The zero-order chi connectivity index (χ0) is 23.1. The number of nitrogens with one attached hydrogen (secondary N) is 1. The van der Waals surface area contributed by atoms with E-state index in [9.17, 15) is 14.7 Å². The van der Waals surface area contributed by atoms with Crippen LogP contribution in [0, 0.1) is 6.92 Å². The van der Waals surface area contributed by atoms with Gasteiger partial charge in [0.2, 0.25) is 0 Å². The Morgan fingerprint density at radius 3 is 2.94 bits per heavy atom. The van der Waals surface area contributed by atoms with Gasteiger partial charge in [-0.3, -0.25) is 9.78 Å². The van der Waals surface area contributed by atoms with Crippen molar-refractivity contribution in [2.24, 2.45) is 0 Å². The second kappa shape index (κ2) is 8.49. The summed E-state index contributed by atoms with van der Waals surface area (Å²) in [4.78, 5) is 34.8. The molecule has 8 nitrogen and oxygen atoms in total. The molecule has 170 valence electrons. The number of aromatic carboxylic acids is 1. The molecule has 4 heterocycles. The number of pyridine rings is 1. The molecule has 9 heteroatoms. The van der Waals surface area contributed by atoms with Crippen molar-refractivity contribution in [2.45, 2.75) is 25.8 Å². The van der Waals surface area contributed by atoms with E-state index in [-0.39, 0.29) is 17.5 Å². The van der Waals surface area contributed by atoms with Gasteiger partial charge in [-0.2, -0.15) is 0 Å². The first kappa shape index (κ1) is 21.4. The third kappa shape index (κ3) is 3.83. The number of nitrogens with zero attached hydrogens (tertiary/aromatic N) is 2. The van der Waals surface area contributed by atoms with Crippen molar-refractivity contribution < 1.29 is 24.2 Å². The molecule has 1 atom stereocenters. The molecule has 1 amide bonds. The number of carboxylic acids is 1. The molecule has 2 N–H and O–H groups in total. The molecule has 1 fully saturated rings. The molecule has 0 bridgehead atoms. The number of rotatable bonds is 6. The number of fused-ring (bicyclic) bond motifs is 2. The molecule has 1 aliphatic heterocycles. The minimum Gasteiger partial charge on any atom is -0.478 e. The fourth-order valence-electron chi connectivity index (χ4n) is 4.48. The molecular formula is C24H23N3O5S. The number of carbonyl (C=O) groups is 2. The number of ether oxygens (including phenoxy) is 2. The van der Waals surface area contributed by atoms with Gasteiger partial charge in [-0.05, 0) is 44.0 Å². The first-order chi connectivity index (χ1) is 16.0. The van der Waals surface area contributed by atoms with E-state index in [1.54, 1.807) is 50.6 Å². The predicted octanol–water partition coefficient (Wildman–Crippen LogP) is 4.83. The molecule has 1 aromatic carbocycles. The maximum absolute atomic E-state index is 13.2. The van der Waals surface area contributed by atoms with Crippen LogP contribution in [0.4, 0.5) is 0 Å². The number of thiophene rings is 1. The number of likely N-dealkylation sites (tertiary alicyclic amines) is 1. The standard InChI is InChI=1S/C24H23N3O5S/c1-13-21(24(29)30)16-10-15(5-6-17(16)26-13)32-19-7-8-25-18-11-20(33-22(18)19)23(28)27-9-3-4-14(27)12-31-2/h5-8,10-11,14,26H,3-4,9,12H2,1-2H3,(H,29,30). The lowest BCUT2D eigenvalue weighted by Gasteiger charge is -2.23. The molecule has 33 heavy (non-hydrogen) atoms. The minimum absolute atomic E-state index is 0.0150. The largest absolute Gasteiger partial charge is 0.478 e. The third-order valence-corrected chi connectivity index (χ3v) is 7.11. The van der Waals surface area contributed by atoms with E-state index in [1.807, 2.05) is 4.90 Å². The predicted molar refractivity (Wildman–Crippen MR) is 126 cm³/mol. The lowest BCUT2D eigenvalue weighted by molar-refractivity contribution is 0.0634. The van der Waals surface area contributed by atoms with Crippen molar-refractivity contribution >= 4 is 44.3 Å². The number of H-pyrrole nitrogens is 1. The molecule has 0 aliphatic carbocycles. The van der Waals surface area contributed by atoms with E-state index in [4.69, 9.17) is 9.47 Å². The Bertz CT molecular complexity index is 1380. The number of methoxy groups -OCH3 is 1. The Hall–Kier alpha value is -3.43. The van der Waals surface area contributed by atoms with Gasteiger partial charge in [-0.25, -0.2) is 4.79 Å². The fraction of sp³-hybridized carbons (Fsp3) is 0.292. The van der Waals surface area contributed by atoms with Crippen LogP contribution in [0.25, 0.3) is 21.1 Å². The van der Waals surface area contributed by atoms with Crippen LogP contribution in [-0.4, -0.2) is 58.2 Å². The molecule has 0 radical (unpaired) electrons. The highest BCUT2D eigenvalue weighted by atomic mass is 32.1. The summed E-state index contributed by atoms with van der Waals surface area (Å²) in [5, 5.41) is 10.1. The first-order valence-corrected chi connectivity index (χ1v) is 11.5. The van der Waals surface area contributed by atoms with Crippen LogP contribution in [0.5, 0.6) is 11.5 Å². The Balaban J connectivity index is 1.47. The molecular weight excluding hydrogens is 442 g/mol. The van der Waals surface area contributed by atoms with Crippen LogP contribution in [0.1, 0.15) is 38.6 Å². The minimum atomic E-state index is -0.989. The van der Waals surface area contributed by atoms with Crippen molar-refractivity contribution in [1.29, 1.82) is 0 Å². The van der Waals surface area contributed by atoms with Crippen LogP contribution in [-0.2, 0) is 4.74 Å². The van der Waals surface area contributed by atoms with E-state index in [0.717, 1.165) is 29.6 Å². The Kier molecular flexibility index (Phi) is 5.51. The number of aromatic amines is 1. The normalized spacial score (nSPS) is 16.1. The highest BCUT2D eigenvalue weighted by molar-refractivity contribution is 7.21. The van der Waals surface area contributed by atoms with E-state index in [0.29, 0.717) is 39.6 Å². The summed E-state index contributed by atoms with van der Waals surface area (Å²) in [6, 6.07) is 8.95. The van der Waals surface area contributed by atoms with Crippen molar-refractivity contribution in [2.75, 3.05) is 20.3 Å². The van der Waals surface area contributed by atoms with Crippen molar-refractivity contribution in [1.82, 2.24) is 14.9 Å². The van der Waals surface area contributed by atoms with Crippen molar-refractivity contribution in [3.63, 3.8) is 0 Å². The number of carbonyl (C=O) groups excluding carboxylic acids is 1. The number of benzene rings is 1. The van der Waals surface area contributed by atoms with Gasteiger partial charge >= 0.3 is 5.97 Å². The van der Waals surface area contributed by atoms with Gasteiger partial charge < -0.3 is 24.5 Å². The van der Waals surface area contributed by atoms with Gasteiger partial charge in [0.15, 0.2) is 0 Å². The van der Waals surface area contributed by atoms with Gasteiger partial charge in [0.1, 0.15) is 11.5 Å². The third-order valence-electron chi connectivity index (χ3n) is 5.98. The summed E-state index contributed by atoms with van der Waals surface area (Å²) >= 11 is 1.35. The second-order valence-electron chi connectivity index (χ2n) is 8.12. The average Bonchev–Trinajstić information content (AvgIpc) is 3.49. The highest BCUT2D eigenvalue weighted by Crippen LogP contribution is 2.37. The van der Waals surface area contributed by atoms with Crippen LogP contribution in [0.2, 0.25) is 0 Å². The zero-order valence-corrected chi connectivity index (χ0v) is 19.1. The molecule has 1 unspecified atom stereocenters. The smallest absolute Gasteiger partial charge is 0.338 e. The molecule has 1 saturated heterocycles. The van der Waals surface area contributed by atoms with Crippen LogP contribution < -0.4 is 4.74 Å². The monoisotopic (exact) mass is 465 g/mol. The SMILES string of the molecule is COCC1CCCN1C(=O)c1cc2nccc(Oc3ccc4[nH]c(C)c(C(=O)O)c4c3)c2s1. The highest BCUT2D eigenvalue weighted by Gasteiger charge is 2.30. The van der Waals surface area contributed by atoms with Crippen molar-refractivity contribution in [3.05, 3.63) is 52.7 Å². The van der Waals surface area contributed by atoms with Gasteiger partial charge in [-0.1, -0.05) is 0 Å². The number of hydrogen-bond acceptors (Lipinski definition) is 6. The Labute approximate surface area is 193 Å². The van der Waals surface area contributed by atoms with Gasteiger partial charge in [-0.15, -0.1) is 11.3 Å². The molecule has 3 aromatic heterocycles. The summed E-state index contributed by atoms with van der Waals surface area (Å²) in [7, 11) is 1.65. The average molecular weight is 466 g/mol. The Morgan fingerprint density at radius 2 is 2.15 bits per heavy atom. The van der Waals surface area contributed by atoms with E-state index < -0.39 is 5.97 Å². The summed E-state index contributed by atoms with van der Waals surface area (Å²) in [6.07, 6.45) is 3.55.